The van der Waals surface area contributed by atoms with Gasteiger partial charge in [-0.05, 0) is 0 Å². The lowest BCUT2D eigenvalue weighted by Gasteiger charge is -2.20. The number of ether oxygens (including phenoxy) is 1. The fourth-order valence-electron chi connectivity index (χ4n) is 2.49. The first-order chi connectivity index (χ1) is 13.7. The number of nitrogens with two attached hydrogens (primary N) is 1. The second kappa shape index (κ2) is 7.98. The molecule has 0 amide bonds. The van der Waals surface area contributed by atoms with Gasteiger partial charge in [-0.3, -0.25) is 13.7 Å². The molecule has 2 aromatic rings. The summed E-state index contributed by atoms with van der Waals surface area (Å²) in [6, 6.07) is 0. The molecule has 1 saturated heterocycles. The Bertz CT molecular complexity index is 1090. The van der Waals surface area contributed by atoms with E-state index in [9.17, 15) is 33.7 Å². The predicted molar refractivity (Wildman–Crippen MR) is 94.3 cm³/mol. The highest BCUT2D eigenvalue weighted by Gasteiger charge is 2.50. The number of phosphoric acid groups is 2. The maximum absolute atomic E-state index is 12.0. The number of nitrogens with zero attached hydrogens (tertiary/aromatic N) is 4. The van der Waals surface area contributed by atoms with Crippen molar-refractivity contribution < 1.29 is 56.5 Å². The van der Waals surface area contributed by atoms with Crippen LogP contribution in [0.3, 0.4) is 0 Å². The normalized spacial score (nSPS) is 30.6. The molecule has 0 aromatic carbocycles. The Kier molecular flexibility index (Phi) is 6.21. The Labute approximate surface area is 166 Å². The predicted octanol–water partition coefficient (Wildman–Crippen LogP) is -0.949. The highest BCUT2D eigenvalue weighted by molar-refractivity contribution is 7.68. The van der Waals surface area contributed by atoms with Crippen LogP contribution < -0.4 is 5.73 Å². The van der Waals surface area contributed by atoms with Gasteiger partial charge >= 0.3 is 23.2 Å². The summed E-state index contributed by atoms with van der Waals surface area (Å²) in [6.07, 6.45) is -4.92. The first-order valence-corrected chi connectivity index (χ1v) is 12.7. The van der Waals surface area contributed by atoms with E-state index in [1.165, 1.54) is 0 Å². The van der Waals surface area contributed by atoms with Crippen molar-refractivity contribution in [1.29, 1.82) is 0 Å². The SMILES string of the molecule is CP(=O)(O)OP(=O)(O)OP(=O)(O)OC1OC(n2cnc3c(N)ncnc32)C(O)C1O. The van der Waals surface area contributed by atoms with Gasteiger partial charge in [0.2, 0.25) is 0 Å². The highest BCUT2D eigenvalue weighted by Crippen LogP contribution is 2.67. The van der Waals surface area contributed by atoms with E-state index >= 15 is 0 Å². The largest absolute Gasteiger partial charge is 0.488 e. The molecule has 0 spiro atoms. The van der Waals surface area contributed by atoms with E-state index in [1.807, 2.05) is 0 Å². The van der Waals surface area contributed by atoms with Crippen LogP contribution in [0.15, 0.2) is 12.7 Å². The van der Waals surface area contributed by atoms with Crippen molar-refractivity contribution in [2.45, 2.75) is 24.7 Å². The molecule has 168 valence electrons. The van der Waals surface area contributed by atoms with Crippen molar-refractivity contribution in [3.63, 3.8) is 0 Å². The summed E-state index contributed by atoms with van der Waals surface area (Å²) in [4.78, 5) is 39.5. The molecule has 1 aliphatic heterocycles. The quantitative estimate of drug-likeness (QED) is 0.255. The van der Waals surface area contributed by atoms with Gasteiger partial charge < -0.3 is 35.4 Å². The van der Waals surface area contributed by atoms with Crippen molar-refractivity contribution in [2.75, 3.05) is 12.4 Å². The fourth-order valence-corrected chi connectivity index (χ4v) is 6.04. The van der Waals surface area contributed by atoms with E-state index in [2.05, 4.69) is 28.1 Å². The lowest BCUT2D eigenvalue weighted by atomic mass is 10.2. The summed E-state index contributed by atoms with van der Waals surface area (Å²) in [5, 5.41) is 20.3. The molecule has 0 bridgehead atoms. The third-order valence-corrected chi connectivity index (χ3v) is 7.72. The second-order valence-electron chi connectivity index (χ2n) is 5.97. The van der Waals surface area contributed by atoms with Crippen LogP contribution in [0.25, 0.3) is 11.2 Å². The van der Waals surface area contributed by atoms with Crippen molar-refractivity contribution in [1.82, 2.24) is 19.5 Å². The van der Waals surface area contributed by atoms with Crippen LogP contribution in [0.4, 0.5) is 5.82 Å². The molecule has 20 heteroatoms. The van der Waals surface area contributed by atoms with Crippen molar-refractivity contribution in [3.05, 3.63) is 12.7 Å². The molecule has 2 aromatic heterocycles. The van der Waals surface area contributed by atoms with E-state index in [4.69, 9.17) is 15.4 Å². The van der Waals surface area contributed by atoms with Gasteiger partial charge in [-0.15, -0.1) is 0 Å². The molecule has 0 radical (unpaired) electrons. The molecule has 1 aliphatic rings. The first-order valence-electron chi connectivity index (χ1n) is 7.71. The van der Waals surface area contributed by atoms with E-state index in [0.717, 1.165) is 17.2 Å². The molecule has 3 rings (SSSR count). The van der Waals surface area contributed by atoms with Crippen LogP contribution >= 0.6 is 23.2 Å². The number of aromatic nitrogens is 4. The molecular weight excluding hydrogens is 475 g/mol. The lowest BCUT2D eigenvalue weighted by molar-refractivity contribution is -0.133. The molecule has 7 unspecified atom stereocenters. The van der Waals surface area contributed by atoms with Gasteiger partial charge in [0.1, 0.15) is 24.1 Å². The third kappa shape index (κ3) is 5.11. The number of aliphatic hydroxyl groups is 2. The van der Waals surface area contributed by atoms with Gasteiger partial charge in [0, 0.05) is 6.66 Å². The maximum atomic E-state index is 12.0. The van der Waals surface area contributed by atoms with E-state index in [-0.39, 0.29) is 17.0 Å². The Hall–Kier alpha value is -1.32. The zero-order valence-corrected chi connectivity index (χ0v) is 17.4. The van der Waals surface area contributed by atoms with Gasteiger partial charge in [0.05, 0.1) is 6.33 Å². The van der Waals surface area contributed by atoms with Crippen LogP contribution in [0.1, 0.15) is 6.23 Å². The number of hydrogen-bond acceptors (Lipinski definition) is 13. The van der Waals surface area contributed by atoms with Gasteiger partial charge in [0.25, 0.3) is 0 Å². The molecule has 1 fully saturated rings. The van der Waals surface area contributed by atoms with Gasteiger partial charge in [-0.2, -0.15) is 4.31 Å². The Morgan fingerprint density at radius 1 is 1.07 bits per heavy atom. The van der Waals surface area contributed by atoms with E-state index in [1.54, 1.807) is 0 Å². The monoisotopic (exact) mass is 491 g/mol. The zero-order chi connectivity index (χ0) is 22.5. The molecule has 0 aliphatic carbocycles. The van der Waals surface area contributed by atoms with Gasteiger partial charge in [0.15, 0.2) is 24.0 Å². The topological polar surface area (TPSA) is 259 Å². The number of aliphatic hydroxyl groups excluding tert-OH is 2. The van der Waals surface area contributed by atoms with Crippen LogP contribution in [-0.2, 0) is 31.6 Å². The number of nitrogen functional groups attached to an aromatic ring is 1. The minimum absolute atomic E-state index is 0.0173. The summed E-state index contributed by atoms with van der Waals surface area (Å²) < 4.78 is 53.1. The van der Waals surface area contributed by atoms with Crippen molar-refractivity contribution >= 4 is 40.2 Å². The number of anilines is 1. The van der Waals surface area contributed by atoms with E-state index < -0.39 is 48.0 Å². The van der Waals surface area contributed by atoms with Crippen molar-refractivity contribution in [3.8, 4) is 0 Å². The summed E-state index contributed by atoms with van der Waals surface area (Å²) >= 11 is 0. The van der Waals surface area contributed by atoms with Gasteiger partial charge in [-0.25, -0.2) is 28.4 Å². The number of imidazole rings is 1. The average Bonchev–Trinajstić information content (AvgIpc) is 3.09. The third-order valence-electron chi connectivity index (χ3n) is 3.55. The number of rotatable bonds is 7. The molecule has 7 atom stereocenters. The standard InChI is InChI=1S/C10H16N5O12P3/c1-28(18,19)26-30(22,23)27-29(20,21)25-10-6(17)5(16)9(24-10)15-3-14-4-7(11)12-2-13-8(4)15/h2-3,5-6,9-10,16-17H,1H3,(H,18,19)(H,20,21)(H,22,23)(H2,11,12,13). The summed E-state index contributed by atoms with van der Waals surface area (Å²) in [7, 11) is -15.6. The van der Waals surface area contributed by atoms with Crippen LogP contribution in [0.5, 0.6) is 0 Å². The van der Waals surface area contributed by atoms with Crippen LogP contribution in [-0.4, -0.2) is 69.6 Å². The highest BCUT2D eigenvalue weighted by atomic mass is 31.3. The lowest BCUT2D eigenvalue weighted by Crippen LogP contribution is -2.32. The molecule has 7 N–H and O–H groups in total. The molecule has 30 heavy (non-hydrogen) atoms. The Morgan fingerprint density at radius 2 is 1.73 bits per heavy atom. The first kappa shape index (κ1) is 23.3. The molecular formula is C10H16N5O12P3. The molecule has 17 nitrogen and oxygen atoms in total. The molecule has 0 saturated carbocycles. The summed E-state index contributed by atoms with van der Waals surface area (Å²) in [5.41, 5.74) is 5.90. The average molecular weight is 491 g/mol. The second-order valence-corrected chi connectivity index (χ2v) is 11.0. The van der Waals surface area contributed by atoms with Crippen LogP contribution in [0, 0.1) is 0 Å². The Balaban J connectivity index is 1.78. The zero-order valence-electron chi connectivity index (χ0n) is 14.8. The van der Waals surface area contributed by atoms with Crippen LogP contribution in [0.2, 0.25) is 0 Å². The number of hydrogen-bond donors (Lipinski definition) is 6. The summed E-state index contributed by atoms with van der Waals surface area (Å²) in [5.74, 6) is 0.0173. The minimum Gasteiger partial charge on any atom is -0.385 e. The van der Waals surface area contributed by atoms with Gasteiger partial charge in [-0.1, -0.05) is 0 Å². The number of fused-ring (bicyclic) bond motifs is 1. The van der Waals surface area contributed by atoms with E-state index in [0.29, 0.717) is 6.66 Å². The summed E-state index contributed by atoms with van der Waals surface area (Å²) in [6.45, 7) is 0.527. The minimum atomic E-state index is -5.53. The van der Waals surface area contributed by atoms with Crippen molar-refractivity contribution in [2.24, 2.45) is 0 Å². The molecule has 3 heterocycles. The smallest absolute Gasteiger partial charge is 0.385 e. The maximum Gasteiger partial charge on any atom is 0.488 e. The Morgan fingerprint density at radius 3 is 2.37 bits per heavy atom. The number of phosphoric ester groups is 1. The fraction of sp³-hybridized carbons (Fsp3) is 0.500.